The fraction of sp³-hybridized carbons (Fsp3) is 0. The van der Waals surface area contributed by atoms with E-state index in [1.807, 2.05) is 0 Å². The van der Waals surface area contributed by atoms with Crippen LogP contribution in [0.25, 0.3) is 66.1 Å². The van der Waals surface area contributed by atoms with Crippen LogP contribution in [-0.4, -0.2) is 9.13 Å². The molecule has 0 aliphatic rings. The van der Waals surface area contributed by atoms with Crippen LogP contribution in [-0.2, 0) is 0 Å². The van der Waals surface area contributed by atoms with Crippen LogP contribution in [0.5, 0.6) is 0 Å². The van der Waals surface area contributed by atoms with Crippen molar-refractivity contribution in [2.24, 2.45) is 0 Å². The summed E-state index contributed by atoms with van der Waals surface area (Å²) in [6.45, 7) is 0. The number of hydrogen-bond acceptors (Lipinski definition) is 0. The van der Waals surface area contributed by atoms with Crippen LogP contribution in [0.4, 0.5) is 0 Å². The zero-order valence-electron chi connectivity index (χ0n) is 21.1. The summed E-state index contributed by atoms with van der Waals surface area (Å²) in [7, 11) is 0. The molecule has 0 saturated heterocycles. The monoisotopic (exact) mass is 562 g/mol. The summed E-state index contributed by atoms with van der Waals surface area (Å²) < 4.78 is 5.81. The molecule has 6 aromatic carbocycles. The molecule has 184 valence electrons. The average Bonchev–Trinajstić information content (AvgIpc) is 3.51. The summed E-state index contributed by atoms with van der Waals surface area (Å²) in [5, 5.41) is 5.06. The molecular weight excluding hydrogens is 540 g/mol. The molecule has 0 saturated carbocycles. The molecule has 0 amide bonds. The molecule has 0 aliphatic carbocycles. The van der Waals surface area contributed by atoms with Gasteiger partial charge in [-0.2, -0.15) is 0 Å². The minimum absolute atomic E-state index is 1.07. The van der Waals surface area contributed by atoms with Gasteiger partial charge in [0.05, 0.1) is 22.1 Å². The molecule has 2 nitrogen and oxygen atoms in total. The van der Waals surface area contributed by atoms with Gasteiger partial charge in [0.1, 0.15) is 0 Å². The minimum atomic E-state index is 1.07. The van der Waals surface area contributed by atoms with Crippen molar-refractivity contribution in [3.8, 4) is 22.5 Å². The van der Waals surface area contributed by atoms with Crippen molar-refractivity contribution in [3.63, 3.8) is 0 Å². The van der Waals surface area contributed by atoms with Gasteiger partial charge in [0.2, 0.25) is 0 Å². The Morgan fingerprint density at radius 1 is 0.385 bits per heavy atom. The maximum absolute atomic E-state index is 3.98. The minimum Gasteiger partial charge on any atom is -0.309 e. The summed E-state index contributed by atoms with van der Waals surface area (Å²) in [6.07, 6.45) is 0. The molecular formula is C36H23BrN2. The van der Waals surface area contributed by atoms with Crippen LogP contribution in [0.1, 0.15) is 0 Å². The molecule has 3 heteroatoms. The lowest BCUT2D eigenvalue weighted by atomic mass is 9.99. The first-order valence-corrected chi connectivity index (χ1v) is 13.9. The zero-order chi connectivity index (χ0) is 25.9. The van der Waals surface area contributed by atoms with Gasteiger partial charge in [0.25, 0.3) is 0 Å². The van der Waals surface area contributed by atoms with E-state index in [0.29, 0.717) is 0 Å². The van der Waals surface area contributed by atoms with E-state index in [9.17, 15) is 0 Å². The Bertz CT molecular complexity index is 2130. The quantitative estimate of drug-likeness (QED) is 0.202. The Kier molecular flexibility index (Phi) is 5.01. The first kappa shape index (κ1) is 22.4. The Morgan fingerprint density at radius 3 is 1.59 bits per heavy atom. The van der Waals surface area contributed by atoms with E-state index in [0.717, 1.165) is 10.2 Å². The Hall–Kier alpha value is -4.60. The Morgan fingerprint density at radius 2 is 0.923 bits per heavy atom. The van der Waals surface area contributed by atoms with Gasteiger partial charge in [-0.1, -0.05) is 107 Å². The fourth-order valence-corrected chi connectivity index (χ4v) is 6.74. The van der Waals surface area contributed by atoms with Crippen molar-refractivity contribution in [1.29, 1.82) is 0 Å². The number of aromatic nitrogens is 2. The van der Waals surface area contributed by atoms with Crippen molar-refractivity contribution in [3.05, 3.63) is 144 Å². The van der Waals surface area contributed by atoms with E-state index in [4.69, 9.17) is 0 Å². The first-order valence-electron chi connectivity index (χ1n) is 13.2. The van der Waals surface area contributed by atoms with Gasteiger partial charge in [-0.05, 0) is 59.7 Å². The van der Waals surface area contributed by atoms with Gasteiger partial charge in [-0.15, -0.1) is 0 Å². The predicted molar refractivity (Wildman–Crippen MR) is 168 cm³/mol. The summed E-state index contributed by atoms with van der Waals surface area (Å²) in [5.41, 5.74) is 9.56. The highest BCUT2D eigenvalue weighted by Gasteiger charge is 2.18. The fourth-order valence-electron chi connectivity index (χ4n) is 6.16. The van der Waals surface area contributed by atoms with E-state index in [1.165, 1.54) is 60.4 Å². The largest absolute Gasteiger partial charge is 0.309 e. The zero-order valence-corrected chi connectivity index (χ0v) is 22.6. The van der Waals surface area contributed by atoms with Crippen molar-refractivity contribution in [1.82, 2.24) is 9.13 Å². The number of nitrogens with zero attached hydrogens (tertiary/aromatic N) is 2. The van der Waals surface area contributed by atoms with Gasteiger partial charge in [-0.3, -0.25) is 0 Å². The molecule has 2 heterocycles. The maximum Gasteiger partial charge on any atom is 0.0547 e. The second kappa shape index (κ2) is 8.72. The number of benzene rings is 6. The average molecular weight is 563 g/mol. The van der Waals surface area contributed by atoms with Crippen LogP contribution in [0.3, 0.4) is 0 Å². The SMILES string of the molecule is Brc1cc(-n2c3ccccc3c3ccccc32)ccc1-c1cccc2c1c1ccccc1n2-c1ccccc1. The van der Waals surface area contributed by atoms with Crippen LogP contribution >= 0.6 is 15.9 Å². The molecule has 8 rings (SSSR count). The Balaban J connectivity index is 1.37. The highest BCUT2D eigenvalue weighted by atomic mass is 79.9. The van der Waals surface area contributed by atoms with Crippen molar-refractivity contribution < 1.29 is 0 Å². The number of halogens is 1. The molecule has 8 aromatic rings. The van der Waals surface area contributed by atoms with Crippen LogP contribution in [0, 0.1) is 0 Å². The molecule has 0 bridgehead atoms. The van der Waals surface area contributed by atoms with Crippen molar-refractivity contribution in [2.75, 3.05) is 0 Å². The summed E-state index contributed by atoms with van der Waals surface area (Å²) in [6, 6.07) is 50.0. The third-order valence-corrected chi connectivity index (χ3v) is 8.45. The van der Waals surface area contributed by atoms with Gasteiger partial charge >= 0.3 is 0 Å². The van der Waals surface area contributed by atoms with Crippen molar-refractivity contribution >= 4 is 59.5 Å². The third kappa shape index (κ3) is 3.33. The van der Waals surface area contributed by atoms with E-state index in [-0.39, 0.29) is 0 Å². The second-order valence-corrected chi connectivity index (χ2v) is 10.8. The van der Waals surface area contributed by atoms with Crippen LogP contribution in [0.15, 0.2) is 144 Å². The lowest BCUT2D eigenvalue weighted by molar-refractivity contribution is 1.18. The van der Waals surface area contributed by atoms with Crippen LogP contribution in [0.2, 0.25) is 0 Å². The lowest BCUT2D eigenvalue weighted by Crippen LogP contribution is -1.95. The molecule has 0 spiro atoms. The molecule has 0 radical (unpaired) electrons. The molecule has 0 unspecified atom stereocenters. The van der Waals surface area contributed by atoms with Gasteiger partial charge in [0.15, 0.2) is 0 Å². The standard InChI is InChI=1S/C36H23BrN2/c37-31-23-25(39-32-17-7-4-13-27(32)28-14-5-8-18-33(28)39)21-22-26(31)29-16-10-20-35-36(29)30-15-6-9-19-34(30)38(35)24-11-2-1-3-12-24/h1-23H. The van der Waals surface area contributed by atoms with E-state index in [1.54, 1.807) is 0 Å². The van der Waals surface area contributed by atoms with Crippen molar-refractivity contribution in [2.45, 2.75) is 0 Å². The third-order valence-electron chi connectivity index (χ3n) is 7.79. The summed E-state index contributed by atoms with van der Waals surface area (Å²) in [4.78, 5) is 0. The topological polar surface area (TPSA) is 9.86 Å². The molecule has 0 fully saturated rings. The van der Waals surface area contributed by atoms with E-state index < -0.39 is 0 Å². The van der Waals surface area contributed by atoms with E-state index in [2.05, 4.69) is 165 Å². The van der Waals surface area contributed by atoms with Gasteiger partial charge < -0.3 is 9.13 Å². The summed E-state index contributed by atoms with van der Waals surface area (Å²) >= 11 is 3.98. The Labute approximate surface area is 234 Å². The molecule has 0 aliphatic heterocycles. The second-order valence-electron chi connectivity index (χ2n) is 9.92. The van der Waals surface area contributed by atoms with E-state index >= 15 is 0 Å². The number of para-hydroxylation sites is 4. The normalized spacial score (nSPS) is 11.7. The molecule has 2 aromatic heterocycles. The van der Waals surface area contributed by atoms with Crippen LogP contribution < -0.4 is 0 Å². The highest BCUT2D eigenvalue weighted by Crippen LogP contribution is 2.41. The number of rotatable bonds is 3. The number of hydrogen-bond donors (Lipinski definition) is 0. The molecule has 39 heavy (non-hydrogen) atoms. The smallest absolute Gasteiger partial charge is 0.0547 e. The maximum atomic E-state index is 3.98. The molecule has 0 atom stereocenters. The first-order chi connectivity index (χ1) is 19.3. The predicted octanol–water partition coefficient (Wildman–Crippen LogP) is 10.3. The summed E-state index contributed by atoms with van der Waals surface area (Å²) in [5.74, 6) is 0. The lowest BCUT2D eigenvalue weighted by Gasteiger charge is -2.13. The highest BCUT2D eigenvalue weighted by molar-refractivity contribution is 9.10. The molecule has 0 N–H and O–H groups in total. The van der Waals surface area contributed by atoms with Gasteiger partial charge in [0, 0.05) is 37.4 Å². The van der Waals surface area contributed by atoms with Gasteiger partial charge in [-0.25, -0.2) is 0 Å². The number of fused-ring (bicyclic) bond motifs is 6.